The van der Waals surface area contributed by atoms with E-state index in [1.165, 1.54) is 0 Å². The van der Waals surface area contributed by atoms with E-state index in [-0.39, 0.29) is 12.5 Å². The van der Waals surface area contributed by atoms with E-state index in [9.17, 15) is 9.90 Å². The summed E-state index contributed by atoms with van der Waals surface area (Å²) in [6, 6.07) is 0. The molecule has 0 spiro atoms. The summed E-state index contributed by atoms with van der Waals surface area (Å²) in [5.41, 5.74) is -0.474. The number of hydrogen-bond donors (Lipinski definition) is 2. The molecule has 1 heterocycles. The molecule has 1 amide bonds. The third-order valence-electron chi connectivity index (χ3n) is 2.49. The van der Waals surface area contributed by atoms with Crippen molar-refractivity contribution < 1.29 is 14.6 Å². The van der Waals surface area contributed by atoms with Gasteiger partial charge in [0.05, 0.1) is 12.1 Å². The van der Waals surface area contributed by atoms with Gasteiger partial charge >= 0.3 is 0 Å². The molecule has 0 bridgehead atoms. The Morgan fingerprint density at radius 1 is 1.57 bits per heavy atom. The highest BCUT2D eigenvalue weighted by molar-refractivity contribution is 5.78. The molecule has 0 aliphatic carbocycles. The van der Waals surface area contributed by atoms with Gasteiger partial charge in [-0.3, -0.25) is 4.79 Å². The van der Waals surface area contributed by atoms with E-state index in [1.807, 2.05) is 0 Å². The Morgan fingerprint density at radius 2 is 2.21 bits per heavy atom. The van der Waals surface area contributed by atoms with E-state index in [1.54, 1.807) is 6.08 Å². The number of nitrogens with one attached hydrogen (secondary N) is 1. The summed E-state index contributed by atoms with van der Waals surface area (Å²) in [5, 5.41) is 12.1. The van der Waals surface area contributed by atoms with E-state index >= 15 is 0 Å². The topological polar surface area (TPSA) is 58.6 Å². The second-order valence-corrected chi connectivity index (χ2v) is 3.59. The van der Waals surface area contributed by atoms with E-state index in [2.05, 4.69) is 11.9 Å². The average Bonchev–Trinajstić information content (AvgIpc) is 2.19. The molecule has 0 radical (unpaired) electrons. The number of carbonyl (C=O) groups excluding carboxylic acids is 1. The zero-order valence-corrected chi connectivity index (χ0v) is 8.29. The van der Waals surface area contributed by atoms with Gasteiger partial charge in [0.15, 0.2) is 0 Å². The molecule has 0 aromatic carbocycles. The zero-order valence-electron chi connectivity index (χ0n) is 8.29. The number of rotatable bonds is 4. The van der Waals surface area contributed by atoms with Crippen LogP contribution in [0.1, 0.15) is 19.3 Å². The standard InChI is InChI=1S/C10H17NO3/c1-2-3-9(13)11-10(8-12)4-6-14-7-5-10/h2,12H,1,3-8H2,(H,11,13). The molecule has 0 atom stereocenters. The maximum Gasteiger partial charge on any atom is 0.224 e. The van der Waals surface area contributed by atoms with Crippen molar-refractivity contribution in [1.82, 2.24) is 5.32 Å². The van der Waals surface area contributed by atoms with Gasteiger partial charge in [-0.2, -0.15) is 0 Å². The van der Waals surface area contributed by atoms with Gasteiger partial charge in [-0.25, -0.2) is 0 Å². The Hall–Kier alpha value is -0.870. The lowest BCUT2D eigenvalue weighted by Gasteiger charge is -2.36. The van der Waals surface area contributed by atoms with Gasteiger partial charge in [-0.15, -0.1) is 6.58 Å². The summed E-state index contributed by atoms with van der Waals surface area (Å²) in [6.07, 6.45) is 3.20. The second kappa shape index (κ2) is 5.12. The number of carbonyl (C=O) groups is 1. The smallest absolute Gasteiger partial charge is 0.224 e. The Kier molecular flexibility index (Phi) is 4.10. The van der Waals surface area contributed by atoms with Crippen LogP contribution in [0.5, 0.6) is 0 Å². The molecule has 1 fully saturated rings. The van der Waals surface area contributed by atoms with Crippen molar-refractivity contribution in [3.8, 4) is 0 Å². The summed E-state index contributed by atoms with van der Waals surface area (Å²) in [5.74, 6) is -0.0871. The highest BCUT2D eigenvalue weighted by atomic mass is 16.5. The molecule has 80 valence electrons. The first-order valence-corrected chi connectivity index (χ1v) is 4.83. The fourth-order valence-electron chi connectivity index (χ4n) is 1.56. The molecule has 1 rings (SSSR count). The third-order valence-corrected chi connectivity index (χ3v) is 2.49. The lowest BCUT2D eigenvalue weighted by Crippen LogP contribution is -2.54. The lowest BCUT2D eigenvalue weighted by molar-refractivity contribution is -0.124. The quantitative estimate of drug-likeness (QED) is 0.637. The van der Waals surface area contributed by atoms with Gasteiger partial charge in [0.25, 0.3) is 0 Å². The van der Waals surface area contributed by atoms with Crippen molar-refractivity contribution >= 4 is 5.91 Å². The molecule has 0 aromatic heterocycles. The first-order valence-electron chi connectivity index (χ1n) is 4.83. The van der Waals surface area contributed by atoms with Crippen LogP contribution in [0.25, 0.3) is 0 Å². The van der Waals surface area contributed by atoms with Gasteiger partial charge in [-0.05, 0) is 12.8 Å². The Labute approximate surface area is 83.9 Å². The van der Waals surface area contributed by atoms with E-state index in [0.717, 1.165) is 0 Å². The molecule has 4 nitrogen and oxygen atoms in total. The summed E-state index contributed by atoms with van der Waals surface area (Å²) < 4.78 is 5.19. The van der Waals surface area contributed by atoms with Crippen LogP contribution >= 0.6 is 0 Å². The molecule has 1 aliphatic rings. The summed E-state index contributed by atoms with van der Waals surface area (Å²) >= 11 is 0. The van der Waals surface area contributed by atoms with Crippen LogP contribution in [0.4, 0.5) is 0 Å². The summed E-state index contributed by atoms with van der Waals surface area (Å²) in [6.45, 7) is 4.65. The first kappa shape index (κ1) is 11.2. The number of hydrogen-bond acceptors (Lipinski definition) is 3. The molecular formula is C10H17NO3. The maximum absolute atomic E-state index is 11.3. The van der Waals surface area contributed by atoms with E-state index in [4.69, 9.17) is 4.74 Å². The highest BCUT2D eigenvalue weighted by Gasteiger charge is 2.32. The minimum Gasteiger partial charge on any atom is -0.394 e. The van der Waals surface area contributed by atoms with Crippen molar-refractivity contribution in [3.05, 3.63) is 12.7 Å². The van der Waals surface area contributed by atoms with Crippen LogP contribution in [-0.2, 0) is 9.53 Å². The fourth-order valence-corrected chi connectivity index (χ4v) is 1.56. The predicted octanol–water partition coefficient (Wildman–Crippen LogP) is 0.220. The largest absolute Gasteiger partial charge is 0.394 e. The van der Waals surface area contributed by atoms with Crippen LogP contribution < -0.4 is 5.32 Å². The monoisotopic (exact) mass is 199 g/mol. The molecule has 0 aromatic rings. The van der Waals surface area contributed by atoms with E-state index in [0.29, 0.717) is 32.5 Å². The normalized spacial score (nSPS) is 20.1. The lowest BCUT2D eigenvalue weighted by atomic mass is 9.91. The summed E-state index contributed by atoms with van der Waals surface area (Å²) in [7, 11) is 0. The molecule has 1 saturated heterocycles. The molecule has 4 heteroatoms. The van der Waals surface area contributed by atoms with Crippen molar-refractivity contribution in [2.24, 2.45) is 0 Å². The van der Waals surface area contributed by atoms with Gasteiger partial charge < -0.3 is 15.2 Å². The third kappa shape index (κ3) is 2.82. The first-order chi connectivity index (χ1) is 6.72. The van der Waals surface area contributed by atoms with Crippen LogP contribution in [0.2, 0.25) is 0 Å². The van der Waals surface area contributed by atoms with Crippen molar-refractivity contribution in [2.45, 2.75) is 24.8 Å². The van der Waals surface area contributed by atoms with Gasteiger partial charge in [0, 0.05) is 19.6 Å². The van der Waals surface area contributed by atoms with Crippen LogP contribution in [-0.4, -0.2) is 36.4 Å². The Morgan fingerprint density at radius 3 is 2.71 bits per heavy atom. The number of amides is 1. The maximum atomic E-state index is 11.3. The molecular weight excluding hydrogens is 182 g/mol. The van der Waals surface area contributed by atoms with Crippen LogP contribution in [0.15, 0.2) is 12.7 Å². The molecule has 1 aliphatic heterocycles. The minimum absolute atomic E-state index is 0.0285. The zero-order chi connectivity index (χ0) is 10.4. The summed E-state index contributed by atoms with van der Waals surface area (Å²) in [4.78, 5) is 11.3. The average molecular weight is 199 g/mol. The van der Waals surface area contributed by atoms with Crippen LogP contribution in [0, 0.1) is 0 Å². The molecule has 2 N–H and O–H groups in total. The number of aliphatic hydroxyl groups excluding tert-OH is 1. The van der Waals surface area contributed by atoms with E-state index < -0.39 is 5.54 Å². The number of ether oxygens (including phenoxy) is 1. The minimum atomic E-state index is -0.474. The van der Waals surface area contributed by atoms with Crippen molar-refractivity contribution in [2.75, 3.05) is 19.8 Å². The van der Waals surface area contributed by atoms with Gasteiger partial charge in [0.2, 0.25) is 5.91 Å². The van der Waals surface area contributed by atoms with Gasteiger partial charge in [0.1, 0.15) is 0 Å². The van der Waals surface area contributed by atoms with Crippen molar-refractivity contribution in [3.63, 3.8) is 0 Å². The fraction of sp³-hybridized carbons (Fsp3) is 0.700. The molecule has 0 unspecified atom stereocenters. The second-order valence-electron chi connectivity index (χ2n) is 3.59. The van der Waals surface area contributed by atoms with Gasteiger partial charge in [-0.1, -0.05) is 6.08 Å². The SMILES string of the molecule is C=CCC(=O)NC1(CO)CCOCC1. The van der Waals surface area contributed by atoms with Crippen molar-refractivity contribution in [1.29, 1.82) is 0 Å². The predicted molar refractivity (Wildman–Crippen MR) is 52.8 cm³/mol. The highest BCUT2D eigenvalue weighted by Crippen LogP contribution is 2.19. The number of aliphatic hydroxyl groups is 1. The Balaban J connectivity index is 2.51. The molecule has 0 saturated carbocycles. The Bertz CT molecular complexity index is 209. The van der Waals surface area contributed by atoms with Crippen LogP contribution in [0.3, 0.4) is 0 Å². The molecule has 14 heavy (non-hydrogen) atoms.